The molecule has 31 heavy (non-hydrogen) atoms. The summed E-state index contributed by atoms with van der Waals surface area (Å²) in [5, 5.41) is 0. The maximum atomic E-state index is 14.2. The number of benzene rings is 2. The molecule has 3 rings (SSSR count). The first-order valence-corrected chi connectivity index (χ1v) is 11.9. The van der Waals surface area contributed by atoms with Crippen molar-refractivity contribution in [3.05, 3.63) is 76.6 Å². The molecule has 1 saturated carbocycles. The molecule has 0 aliphatic heterocycles. The molecule has 1 aliphatic rings. The highest BCUT2D eigenvalue weighted by molar-refractivity contribution is 5.62. The van der Waals surface area contributed by atoms with E-state index in [1.54, 1.807) is 24.3 Å². The number of hydrogen-bond donors (Lipinski definition) is 0. The van der Waals surface area contributed by atoms with Gasteiger partial charge in [0.15, 0.2) is 5.83 Å². The molecular weight excluding hydrogens is 386 g/mol. The van der Waals surface area contributed by atoms with Crippen LogP contribution in [-0.4, -0.2) is 0 Å². The fourth-order valence-corrected chi connectivity index (χ4v) is 4.47. The van der Waals surface area contributed by atoms with Crippen LogP contribution in [0.3, 0.4) is 0 Å². The maximum absolute atomic E-state index is 14.2. The molecule has 0 atom stereocenters. The Hall–Kier alpha value is -2.40. The lowest BCUT2D eigenvalue weighted by molar-refractivity contribution is 0.308. The minimum atomic E-state index is -0.757. The predicted octanol–water partition coefficient (Wildman–Crippen LogP) is 8.96. The smallest absolute Gasteiger partial charge is 0.161 e. The molecule has 0 nitrogen and oxygen atoms in total. The second-order valence-corrected chi connectivity index (χ2v) is 8.78. The number of allylic oxidation sites excluding steroid dienone is 1. The van der Waals surface area contributed by atoms with Crippen molar-refractivity contribution in [3.63, 3.8) is 0 Å². The summed E-state index contributed by atoms with van der Waals surface area (Å²) in [6.45, 7) is 4.24. The number of hydrogen-bond acceptors (Lipinski definition) is 0. The van der Waals surface area contributed by atoms with E-state index in [-0.39, 0.29) is 12.0 Å². The van der Waals surface area contributed by atoms with Crippen molar-refractivity contribution in [1.82, 2.24) is 0 Å². The number of halogens is 2. The van der Waals surface area contributed by atoms with Crippen LogP contribution < -0.4 is 0 Å². The predicted molar refractivity (Wildman–Crippen MR) is 127 cm³/mol. The van der Waals surface area contributed by atoms with Crippen LogP contribution in [0.2, 0.25) is 0 Å². The minimum absolute atomic E-state index is 0.153. The standard InChI is InChI=1S/C29H34F2/c1-3-5-7-28(30)29(31)27-20-14-24(15-21-27)9-8-23-12-18-26(19-13-23)25-16-10-22(6-4-2)11-17-25/h12-15,18-22,25H,3-7,10-11,16-17H2,1-2H3/b29-28+. The van der Waals surface area contributed by atoms with E-state index in [0.29, 0.717) is 12.3 Å². The molecule has 0 amide bonds. The average molecular weight is 421 g/mol. The third-order valence-electron chi connectivity index (χ3n) is 6.40. The normalized spacial score (nSPS) is 19.4. The van der Waals surface area contributed by atoms with Crippen molar-refractivity contribution in [2.24, 2.45) is 5.92 Å². The van der Waals surface area contributed by atoms with Crippen molar-refractivity contribution in [2.75, 3.05) is 0 Å². The molecule has 164 valence electrons. The Morgan fingerprint density at radius 2 is 1.39 bits per heavy atom. The van der Waals surface area contributed by atoms with E-state index < -0.39 is 11.7 Å². The van der Waals surface area contributed by atoms with E-state index in [0.717, 1.165) is 23.5 Å². The molecule has 0 bridgehead atoms. The van der Waals surface area contributed by atoms with Gasteiger partial charge in [-0.3, -0.25) is 0 Å². The Kier molecular flexibility index (Phi) is 8.89. The quantitative estimate of drug-likeness (QED) is 0.392. The van der Waals surface area contributed by atoms with E-state index in [2.05, 4.69) is 43.0 Å². The van der Waals surface area contributed by atoms with E-state index in [1.807, 2.05) is 6.92 Å². The largest absolute Gasteiger partial charge is 0.209 e. The van der Waals surface area contributed by atoms with Crippen LogP contribution in [0.4, 0.5) is 8.78 Å². The topological polar surface area (TPSA) is 0 Å². The highest BCUT2D eigenvalue weighted by Crippen LogP contribution is 2.37. The lowest BCUT2D eigenvalue weighted by atomic mass is 9.77. The number of rotatable bonds is 7. The Balaban J connectivity index is 1.59. The zero-order valence-corrected chi connectivity index (χ0v) is 18.9. The van der Waals surface area contributed by atoms with Crippen molar-refractivity contribution >= 4 is 5.83 Å². The van der Waals surface area contributed by atoms with Crippen LogP contribution in [0.1, 0.15) is 99.8 Å². The lowest BCUT2D eigenvalue weighted by Gasteiger charge is -2.28. The van der Waals surface area contributed by atoms with Gasteiger partial charge >= 0.3 is 0 Å². The van der Waals surface area contributed by atoms with Crippen LogP contribution >= 0.6 is 0 Å². The summed E-state index contributed by atoms with van der Waals surface area (Å²) in [5.74, 6) is 6.50. The van der Waals surface area contributed by atoms with Crippen LogP contribution in [0.25, 0.3) is 5.83 Å². The van der Waals surface area contributed by atoms with Gasteiger partial charge in [0, 0.05) is 23.1 Å². The van der Waals surface area contributed by atoms with E-state index in [4.69, 9.17) is 0 Å². The van der Waals surface area contributed by atoms with Gasteiger partial charge in [-0.25, -0.2) is 8.78 Å². The first-order chi connectivity index (χ1) is 15.1. The Morgan fingerprint density at radius 1 is 0.806 bits per heavy atom. The van der Waals surface area contributed by atoms with Gasteiger partial charge in [0.1, 0.15) is 5.83 Å². The average Bonchev–Trinajstić information content (AvgIpc) is 2.82. The van der Waals surface area contributed by atoms with Crippen LogP contribution in [0.15, 0.2) is 54.4 Å². The van der Waals surface area contributed by atoms with Crippen LogP contribution in [-0.2, 0) is 0 Å². The molecule has 2 aromatic carbocycles. The lowest BCUT2D eigenvalue weighted by Crippen LogP contribution is -2.13. The highest BCUT2D eigenvalue weighted by Gasteiger charge is 2.21. The summed E-state index contributed by atoms with van der Waals surface area (Å²) in [6, 6.07) is 15.3. The first kappa shape index (κ1) is 23.3. The molecule has 0 unspecified atom stereocenters. The van der Waals surface area contributed by atoms with Gasteiger partial charge in [0.25, 0.3) is 0 Å². The van der Waals surface area contributed by atoms with Crippen molar-refractivity contribution < 1.29 is 8.78 Å². The SMILES string of the molecule is CCCC/C(F)=C(\F)c1ccc(C#Cc2ccc(C3CCC(CCC)CC3)cc2)cc1. The highest BCUT2D eigenvalue weighted by atomic mass is 19.2. The summed E-state index contributed by atoms with van der Waals surface area (Å²) in [4.78, 5) is 0. The molecule has 0 saturated heterocycles. The zero-order valence-electron chi connectivity index (χ0n) is 18.9. The second kappa shape index (κ2) is 11.8. The molecule has 1 fully saturated rings. The Morgan fingerprint density at radius 3 is 1.94 bits per heavy atom. The second-order valence-electron chi connectivity index (χ2n) is 8.78. The summed E-state index contributed by atoms with van der Waals surface area (Å²) in [7, 11) is 0. The van der Waals surface area contributed by atoms with Crippen LogP contribution in [0.5, 0.6) is 0 Å². The summed E-state index contributed by atoms with van der Waals surface area (Å²) < 4.78 is 28.0. The van der Waals surface area contributed by atoms with Crippen molar-refractivity contribution in [3.8, 4) is 11.8 Å². The van der Waals surface area contributed by atoms with Gasteiger partial charge in [-0.1, -0.05) is 69.2 Å². The maximum Gasteiger partial charge on any atom is 0.161 e. The zero-order chi connectivity index (χ0) is 22.1. The fourth-order valence-electron chi connectivity index (χ4n) is 4.47. The fraction of sp³-hybridized carbons (Fsp3) is 0.448. The molecular formula is C29H34F2. The molecule has 0 spiro atoms. The van der Waals surface area contributed by atoms with E-state index >= 15 is 0 Å². The van der Waals surface area contributed by atoms with Crippen LogP contribution in [0, 0.1) is 17.8 Å². The summed E-state index contributed by atoms with van der Waals surface area (Å²) in [5.41, 5.74) is 3.47. The molecule has 0 N–H and O–H groups in total. The van der Waals surface area contributed by atoms with Gasteiger partial charge < -0.3 is 0 Å². The van der Waals surface area contributed by atoms with Gasteiger partial charge in [0.2, 0.25) is 0 Å². The van der Waals surface area contributed by atoms with Gasteiger partial charge in [0.05, 0.1) is 0 Å². The Bertz CT molecular complexity index is 902. The first-order valence-electron chi connectivity index (χ1n) is 11.9. The number of unbranched alkanes of at least 4 members (excludes halogenated alkanes) is 1. The molecule has 0 heterocycles. The monoisotopic (exact) mass is 420 g/mol. The minimum Gasteiger partial charge on any atom is -0.209 e. The molecule has 0 aromatic heterocycles. The summed E-state index contributed by atoms with van der Waals surface area (Å²) in [6.07, 6.45) is 9.63. The Labute approximate surface area is 186 Å². The van der Waals surface area contributed by atoms with E-state index in [1.165, 1.54) is 44.1 Å². The molecule has 2 aromatic rings. The van der Waals surface area contributed by atoms with Crippen molar-refractivity contribution in [1.29, 1.82) is 0 Å². The van der Waals surface area contributed by atoms with Crippen molar-refractivity contribution in [2.45, 2.75) is 77.6 Å². The third kappa shape index (κ3) is 6.79. The molecule has 0 radical (unpaired) electrons. The van der Waals surface area contributed by atoms with Gasteiger partial charge in [-0.2, -0.15) is 0 Å². The molecule has 1 aliphatic carbocycles. The molecule has 2 heteroatoms. The van der Waals surface area contributed by atoms with Gasteiger partial charge in [-0.15, -0.1) is 0 Å². The van der Waals surface area contributed by atoms with E-state index in [9.17, 15) is 8.78 Å². The third-order valence-corrected chi connectivity index (χ3v) is 6.40. The summed E-state index contributed by atoms with van der Waals surface area (Å²) >= 11 is 0. The van der Waals surface area contributed by atoms with Gasteiger partial charge in [-0.05, 0) is 73.8 Å².